The Bertz CT molecular complexity index is 527. The fourth-order valence-corrected chi connectivity index (χ4v) is 3.35. The van der Waals surface area contributed by atoms with Gasteiger partial charge < -0.3 is 20.9 Å². The van der Waals surface area contributed by atoms with Crippen LogP contribution in [0.5, 0.6) is 5.75 Å². The predicted molar refractivity (Wildman–Crippen MR) is 94.9 cm³/mol. The van der Waals surface area contributed by atoms with Crippen LogP contribution < -0.4 is 15.8 Å². The van der Waals surface area contributed by atoms with E-state index in [1.165, 1.54) is 6.42 Å². The standard InChI is InChI=1S/C19H30N2O3/c1-15-6-5-7-17(10-15)24-13-16(22)12-21-18(23)11-19(14-20)8-3-2-4-9-19/h5-7,10,16,22H,2-4,8-9,11-14,20H2,1H3,(H,21,23). The van der Waals surface area contributed by atoms with Gasteiger partial charge in [-0.15, -0.1) is 0 Å². The van der Waals surface area contributed by atoms with Crippen LogP contribution in [0.25, 0.3) is 0 Å². The summed E-state index contributed by atoms with van der Waals surface area (Å²) < 4.78 is 5.55. The van der Waals surface area contributed by atoms with Gasteiger partial charge in [0, 0.05) is 13.0 Å². The molecule has 0 bridgehead atoms. The van der Waals surface area contributed by atoms with Crippen LogP contribution in [-0.4, -0.2) is 36.8 Å². The average Bonchev–Trinajstić information content (AvgIpc) is 2.59. The Hall–Kier alpha value is -1.59. The van der Waals surface area contributed by atoms with Gasteiger partial charge in [0.15, 0.2) is 0 Å². The number of aliphatic hydroxyl groups is 1. The monoisotopic (exact) mass is 334 g/mol. The first-order valence-electron chi connectivity index (χ1n) is 8.87. The molecule has 2 rings (SSSR count). The Morgan fingerprint density at radius 1 is 1.38 bits per heavy atom. The van der Waals surface area contributed by atoms with E-state index in [0.29, 0.717) is 13.0 Å². The van der Waals surface area contributed by atoms with E-state index in [2.05, 4.69) is 5.32 Å². The summed E-state index contributed by atoms with van der Waals surface area (Å²) in [4.78, 5) is 12.2. The first-order valence-corrected chi connectivity index (χ1v) is 8.87. The summed E-state index contributed by atoms with van der Waals surface area (Å²) in [7, 11) is 0. The van der Waals surface area contributed by atoms with Gasteiger partial charge in [-0.25, -0.2) is 0 Å². The molecule has 24 heavy (non-hydrogen) atoms. The zero-order chi connectivity index (χ0) is 17.4. The summed E-state index contributed by atoms with van der Waals surface area (Å²) in [6.07, 6.45) is 5.31. The fraction of sp³-hybridized carbons (Fsp3) is 0.632. The molecule has 0 spiro atoms. The van der Waals surface area contributed by atoms with Crippen LogP contribution in [0.2, 0.25) is 0 Å². The maximum Gasteiger partial charge on any atom is 0.220 e. The molecule has 0 saturated heterocycles. The second kappa shape index (κ2) is 9.04. The highest BCUT2D eigenvalue weighted by Gasteiger charge is 2.32. The molecule has 0 radical (unpaired) electrons. The van der Waals surface area contributed by atoms with Crippen LogP contribution in [-0.2, 0) is 4.79 Å². The number of hydrogen-bond donors (Lipinski definition) is 3. The van der Waals surface area contributed by atoms with Crippen molar-refractivity contribution in [1.82, 2.24) is 5.32 Å². The Labute approximate surface area is 144 Å². The van der Waals surface area contributed by atoms with Gasteiger partial charge >= 0.3 is 0 Å². The highest BCUT2D eigenvalue weighted by Crippen LogP contribution is 2.38. The smallest absolute Gasteiger partial charge is 0.220 e. The first kappa shape index (κ1) is 18.7. The van der Waals surface area contributed by atoms with Gasteiger partial charge in [-0.05, 0) is 49.4 Å². The lowest BCUT2D eigenvalue weighted by Crippen LogP contribution is -2.41. The van der Waals surface area contributed by atoms with E-state index in [1.807, 2.05) is 31.2 Å². The van der Waals surface area contributed by atoms with Crippen molar-refractivity contribution in [3.63, 3.8) is 0 Å². The molecule has 1 amide bonds. The number of aryl methyl sites for hydroxylation is 1. The number of hydrogen-bond acceptors (Lipinski definition) is 4. The molecule has 5 heteroatoms. The molecule has 0 aromatic heterocycles. The molecule has 1 aliphatic rings. The molecule has 134 valence electrons. The Balaban J connectivity index is 1.70. The van der Waals surface area contributed by atoms with Crippen LogP contribution in [0.15, 0.2) is 24.3 Å². The van der Waals surface area contributed by atoms with Crippen molar-refractivity contribution in [2.75, 3.05) is 19.7 Å². The highest BCUT2D eigenvalue weighted by atomic mass is 16.5. The molecule has 1 saturated carbocycles. The summed E-state index contributed by atoms with van der Waals surface area (Å²) in [6, 6.07) is 7.67. The zero-order valence-electron chi connectivity index (χ0n) is 14.6. The number of carbonyl (C=O) groups is 1. The normalized spacial score (nSPS) is 18.0. The van der Waals surface area contributed by atoms with E-state index in [9.17, 15) is 9.90 Å². The van der Waals surface area contributed by atoms with Gasteiger partial charge in [0.2, 0.25) is 5.91 Å². The number of carbonyl (C=O) groups excluding carboxylic acids is 1. The van der Waals surface area contributed by atoms with Crippen molar-refractivity contribution in [3.8, 4) is 5.75 Å². The Kier molecular flexibility index (Phi) is 7.06. The largest absolute Gasteiger partial charge is 0.491 e. The van der Waals surface area contributed by atoms with Gasteiger partial charge in [-0.1, -0.05) is 31.4 Å². The molecule has 1 aliphatic carbocycles. The summed E-state index contributed by atoms with van der Waals surface area (Å²) >= 11 is 0. The number of nitrogens with two attached hydrogens (primary N) is 1. The number of aliphatic hydroxyl groups excluding tert-OH is 1. The van der Waals surface area contributed by atoms with E-state index >= 15 is 0 Å². The van der Waals surface area contributed by atoms with Crippen LogP contribution in [0, 0.1) is 12.3 Å². The number of amides is 1. The van der Waals surface area contributed by atoms with Crippen LogP contribution in [0.1, 0.15) is 44.1 Å². The lowest BCUT2D eigenvalue weighted by atomic mass is 9.71. The van der Waals surface area contributed by atoms with Crippen LogP contribution in [0.3, 0.4) is 0 Å². The molecule has 1 aromatic rings. The van der Waals surface area contributed by atoms with E-state index in [0.717, 1.165) is 37.0 Å². The molecular formula is C19H30N2O3. The predicted octanol–water partition coefficient (Wildman–Crippen LogP) is 2.15. The summed E-state index contributed by atoms with van der Waals surface area (Å²) in [5.41, 5.74) is 6.97. The molecular weight excluding hydrogens is 304 g/mol. The molecule has 0 aliphatic heterocycles. The summed E-state index contributed by atoms with van der Waals surface area (Å²) in [5.74, 6) is 0.696. The number of ether oxygens (including phenoxy) is 1. The number of benzene rings is 1. The van der Waals surface area contributed by atoms with Crippen molar-refractivity contribution in [3.05, 3.63) is 29.8 Å². The Morgan fingerprint density at radius 3 is 2.79 bits per heavy atom. The van der Waals surface area contributed by atoms with Crippen molar-refractivity contribution in [2.45, 2.75) is 51.6 Å². The molecule has 1 atom stereocenters. The van der Waals surface area contributed by atoms with Crippen molar-refractivity contribution in [1.29, 1.82) is 0 Å². The maximum atomic E-state index is 12.2. The Morgan fingerprint density at radius 2 is 2.12 bits per heavy atom. The van der Waals surface area contributed by atoms with Gasteiger partial charge in [0.25, 0.3) is 0 Å². The molecule has 0 heterocycles. The van der Waals surface area contributed by atoms with Crippen molar-refractivity contribution in [2.24, 2.45) is 11.1 Å². The quantitative estimate of drug-likeness (QED) is 0.680. The van der Waals surface area contributed by atoms with Crippen molar-refractivity contribution < 1.29 is 14.6 Å². The lowest BCUT2D eigenvalue weighted by Gasteiger charge is -2.35. The van der Waals surface area contributed by atoms with Gasteiger partial charge in [-0.3, -0.25) is 4.79 Å². The summed E-state index contributed by atoms with van der Waals surface area (Å²) in [6.45, 7) is 2.90. The first-order chi connectivity index (χ1) is 11.5. The molecule has 5 nitrogen and oxygen atoms in total. The minimum Gasteiger partial charge on any atom is -0.491 e. The fourth-order valence-electron chi connectivity index (χ4n) is 3.35. The average molecular weight is 334 g/mol. The highest BCUT2D eigenvalue weighted by molar-refractivity contribution is 5.76. The van der Waals surface area contributed by atoms with Crippen LogP contribution >= 0.6 is 0 Å². The van der Waals surface area contributed by atoms with E-state index in [-0.39, 0.29) is 24.5 Å². The van der Waals surface area contributed by atoms with E-state index in [4.69, 9.17) is 10.5 Å². The summed E-state index contributed by atoms with van der Waals surface area (Å²) in [5, 5.41) is 12.8. The molecule has 1 unspecified atom stereocenters. The zero-order valence-corrected chi connectivity index (χ0v) is 14.6. The molecule has 1 fully saturated rings. The van der Waals surface area contributed by atoms with Gasteiger partial charge in [0.05, 0.1) is 0 Å². The third kappa shape index (κ3) is 5.80. The molecule has 1 aromatic carbocycles. The maximum absolute atomic E-state index is 12.2. The lowest BCUT2D eigenvalue weighted by molar-refractivity contribution is -0.124. The van der Waals surface area contributed by atoms with Gasteiger partial charge in [0.1, 0.15) is 18.5 Å². The topological polar surface area (TPSA) is 84.6 Å². The van der Waals surface area contributed by atoms with Crippen LogP contribution in [0.4, 0.5) is 0 Å². The second-order valence-corrected chi connectivity index (χ2v) is 7.03. The minimum absolute atomic E-state index is 0.0306. The van der Waals surface area contributed by atoms with E-state index < -0.39 is 6.10 Å². The van der Waals surface area contributed by atoms with Crippen molar-refractivity contribution >= 4 is 5.91 Å². The van der Waals surface area contributed by atoms with Gasteiger partial charge in [-0.2, -0.15) is 0 Å². The third-order valence-corrected chi connectivity index (χ3v) is 4.85. The number of rotatable bonds is 8. The number of nitrogens with one attached hydrogen (secondary N) is 1. The third-order valence-electron chi connectivity index (χ3n) is 4.85. The second-order valence-electron chi connectivity index (χ2n) is 7.03. The minimum atomic E-state index is -0.727. The van der Waals surface area contributed by atoms with E-state index in [1.54, 1.807) is 0 Å². The molecule has 4 N–H and O–H groups in total. The SMILES string of the molecule is Cc1cccc(OCC(O)CNC(=O)CC2(CN)CCCCC2)c1.